The summed E-state index contributed by atoms with van der Waals surface area (Å²) in [6.07, 6.45) is 0. The van der Waals surface area contributed by atoms with Gasteiger partial charge in [0.2, 0.25) is 0 Å². The van der Waals surface area contributed by atoms with Crippen LogP contribution in [0.5, 0.6) is 0 Å². The summed E-state index contributed by atoms with van der Waals surface area (Å²) in [5, 5.41) is 3.99. The van der Waals surface area contributed by atoms with Crippen molar-refractivity contribution in [2.45, 2.75) is 13.5 Å². The Balaban J connectivity index is 1.76. The van der Waals surface area contributed by atoms with E-state index < -0.39 is 0 Å². The lowest BCUT2D eigenvalue weighted by Crippen LogP contribution is -2.17. The van der Waals surface area contributed by atoms with Crippen molar-refractivity contribution in [2.24, 2.45) is 0 Å². The van der Waals surface area contributed by atoms with Crippen LogP contribution in [0.2, 0.25) is 0 Å². The number of rotatable bonds is 4. The first-order chi connectivity index (χ1) is 9.72. The smallest absolute Gasteiger partial charge is 0.266 e. The van der Waals surface area contributed by atoms with Crippen LogP contribution in [-0.4, -0.2) is 17.2 Å². The van der Waals surface area contributed by atoms with Crippen LogP contribution in [0.25, 0.3) is 11.5 Å². The van der Waals surface area contributed by atoms with E-state index in [-0.39, 0.29) is 0 Å². The van der Waals surface area contributed by atoms with E-state index in [0.29, 0.717) is 18.4 Å². The molecule has 0 atom stereocenters. The van der Waals surface area contributed by atoms with Gasteiger partial charge in [-0.2, -0.15) is 4.98 Å². The Morgan fingerprint density at radius 1 is 1.10 bits per heavy atom. The second-order valence-electron chi connectivity index (χ2n) is 4.63. The van der Waals surface area contributed by atoms with Crippen molar-refractivity contribution in [2.75, 3.05) is 11.9 Å². The maximum Gasteiger partial charge on any atom is 0.266 e. The molecule has 3 aromatic rings. The summed E-state index contributed by atoms with van der Waals surface area (Å²) in [6, 6.07) is 13.6. The largest absolute Gasteiger partial charge is 0.464 e. The van der Waals surface area contributed by atoms with Crippen molar-refractivity contribution in [1.29, 1.82) is 0 Å². The number of hydrogen-bond acceptors (Lipinski definition) is 5. The van der Waals surface area contributed by atoms with E-state index in [1.165, 1.54) is 0 Å². The molecule has 0 fully saturated rings. The minimum absolute atomic E-state index is 0.517. The van der Waals surface area contributed by atoms with E-state index in [1.807, 2.05) is 61.3 Å². The number of furan rings is 1. The third-order valence-corrected chi connectivity index (χ3v) is 2.97. The van der Waals surface area contributed by atoms with Crippen LogP contribution >= 0.6 is 0 Å². The quantitative estimate of drug-likeness (QED) is 0.727. The van der Waals surface area contributed by atoms with Crippen LogP contribution in [0.3, 0.4) is 0 Å². The zero-order valence-corrected chi connectivity index (χ0v) is 11.4. The van der Waals surface area contributed by atoms with Crippen LogP contribution in [0.4, 0.5) is 5.95 Å². The van der Waals surface area contributed by atoms with Crippen LogP contribution in [0.1, 0.15) is 11.5 Å². The van der Waals surface area contributed by atoms with Crippen LogP contribution < -0.4 is 4.90 Å². The van der Waals surface area contributed by atoms with Gasteiger partial charge in [0.15, 0.2) is 0 Å². The lowest BCUT2D eigenvalue weighted by atomic mass is 10.2. The molecule has 0 aliphatic heterocycles. The number of anilines is 1. The van der Waals surface area contributed by atoms with Gasteiger partial charge in [0, 0.05) is 12.6 Å². The van der Waals surface area contributed by atoms with Crippen molar-refractivity contribution in [3.8, 4) is 11.5 Å². The zero-order chi connectivity index (χ0) is 13.9. The fraction of sp³-hybridized carbons (Fsp3) is 0.200. The highest BCUT2D eigenvalue weighted by Gasteiger charge is 2.13. The molecule has 20 heavy (non-hydrogen) atoms. The number of benzene rings is 1. The minimum atomic E-state index is 0.517. The molecule has 5 nitrogen and oxygen atoms in total. The molecular formula is C15H15N3O2. The molecule has 0 saturated carbocycles. The van der Waals surface area contributed by atoms with Gasteiger partial charge in [0.1, 0.15) is 11.5 Å². The maximum absolute atomic E-state index is 5.54. The predicted molar refractivity (Wildman–Crippen MR) is 75.3 cm³/mol. The summed E-state index contributed by atoms with van der Waals surface area (Å²) >= 11 is 0. The lowest BCUT2D eigenvalue weighted by molar-refractivity contribution is 0.428. The van der Waals surface area contributed by atoms with Gasteiger partial charge in [-0.3, -0.25) is 0 Å². The van der Waals surface area contributed by atoms with E-state index in [9.17, 15) is 0 Å². The Morgan fingerprint density at radius 2 is 1.90 bits per heavy atom. The Morgan fingerprint density at radius 3 is 2.60 bits per heavy atom. The van der Waals surface area contributed by atoms with Gasteiger partial charge >= 0.3 is 0 Å². The van der Waals surface area contributed by atoms with E-state index in [4.69, 9.17) is 8.94 Å². The molecule has 0 N–H and O–H groups in total. The molecule has 0 amide bonds. The van der Waals surface area contributed by atoms with Crippen LogP contribution in [0.15, 0.2) is 51.4 Å². The van der Waals surface area contributed by atoms with Gasteiger partial charge in [-0.15, -0.1) is 0 Å². The molecule has 0 unspecified atom stereocenters. The zero-order valence-electron chi connectivity index (χ0n) is 11.4. The fourth-order valence-corrected chi connectivity index (χ4v) is 1.94. The summed E-state index contributed by atoms with van der Waals surface area (Å²) in [4.78, 5) is 6.27. The van der Waals surface area contributed by atoms with E-state index in [1.54, 1.807) is 0 Å². The summed E-state index contributed by atoms with van der Waals surface area (Å²) < 4.78 is 10.8. The average molecular weight is 269 g/mol. The van der Waals surface area contributed by atoms with Gasteiger partial charge in [-0.25, -0.2) is 0 Å². The monoisotopic (exact) mass is 269 g/mol. The highest BCUT2D eigenvalue weighted by molar-refractivity contribution is 5.53. The van der Waals surface area contributed by atoms with Crippen molar-refractivity contribution in [1.82, 2.24) is 10.1 Å². The molecule has 0 aliphatic carbocycles. The first-order valence-electron chi connectivity index (χ1n) is 6.38. The normalized spacial score (nSPS) is 10.7. The summed E-state index contributed by atoms with van der Waals surface area (Å²) in [5.41, 5.74) is 0.911. The Hall–Kier alpha value is -2.56. The second-order valence-corrected chi connectivity index (χ2v) is 4.63. The molecule has 1 aromatic carbocycles. The van der Waals surface area contributed by atoms with Crippen LogP contribution in [0, 0.1) is 6.92 Å². The summed E-state index contributed by atoms with van der Waals surface area (Å²) in [6.45, 7) is 2.52. The third-order valence-electron chi connectivity index (χ3n) is 2.97. The Bertz CT molecular complexity index is 688. The predicted octanol–water partition coefficient (Wildman–Crippen LogP) is 3.27. The molecular weight excluding hydrogens is 254 g/mol. The molecule has 0 spiro atoms. The Kier molecular flexibility index (Phi) is 3.25. The standard InChI is InChI=1S/C15H15N3O2/c1-11-8-9-13(19-11)10-18(2)15-16-14(20-17-15)12-6-4-3-5-7-12/h3-9H,10H2,1-2H3. The maximum atomic E-state index is 5.54. The Labute approximate surface area is 116 Å². The molecule has 5 heteroatoms. The van der Waals surface area contributed by atoms with E-state index in [0.717, 1.165) is 17.1 Å². The second kappa shape index (κ2) is 5.21. The summed E-state index contributed by atoms with van der Waals surface area (Å²) in [7, 11) is 1.90. The molecule has 0 radical (unpaired) electrons. The minimum Gasteiger partial charge on any atom is -0.464 e. The summed E-state index contributed by atoms with van der Waals surface area (Å²) in [5.74, 6) is 2.82. The molecule has 0 aliphatic rings. The molecule has 3 rings (SSSR count). The lowest BCUT2D eigenvalue weighted by Gasteiger charge is -2.11. The van der Waals surface area contributed by atoms with Gasteiger partial charge in [0.05, 0.1) is 6.54 Å². The first-order valence-corrected chi connectivity index (χ1v) is 6.38. The van der Waals surface area contributed by atoms with Crippen molar-refractivity contribution < 1.29 is 8.94 Å². The van der Waals surface area contributed by atoms with Gasteiger partial charge in [-0.1, -0.05) is 18.2 Å². The van der Waals surface area contributed by atoms with Gasteiger partial charge < -0.3 is 13.8 Å². The highest BCUT2D eigenvalue weighted by atomic mass is 16.5. The topological polar surface area (TPSA) is 55.3 Å². The first kappa shape index (κ1) is 12.5. The van der Waals surface area contributed by atoms with Crippen molar-refractivity contribution in [3.05, 3.63) is 54.0 Å². The van der Waals surface area contributed by atoms with Crippen molar-refractivity contribution in [3.63, 3.8) is 0 Å². The number of nitrogens with zero attached hydrogens (tertiary/aromatic N) is 3. The SMILES string of the molecule is Cc1ccc(CN(C)c2noc(-c3ccccc3)n2)o1. The number of aryl methyl sites for hydroxylation is 1. The number of aromatic nitrogens is 2. The fourth-order valence-electron chi connectivity index (χ4n) is 1.94. The molecule has 0 bridgehead atoms. The molecule has 2 aromatic heterocycles. The third kappa shape index (κ3) is 2.56. The molecule has 2 heterocycles. The van der Waals surface area contributed by atoms with Gasteiger partial charge in [0.25, 0.3) is 11.8 Å². The van der Waals surface area contributed by atoms with E-state index >= 15 is 0 Å². The highest BCUT2D eigenvalue weighted by Crippen LogP contribution is 2.20. The van der Waals surface area contributed by atoms with Gasteiger partial charge in [-0.05, 0) is 36.3 Å². The number of hydrogen-bond donors (Lipinski definition) is 0. The molecule has 102 valence electrons. The van der Waals surface area contributed by atoms with Crippen molar-refractivity contribution >= 4 is 5.95 Å². The van der Waals surface area contributed by atoms with E-state index in [2.05, 4.69) is 10.1 Å². The van der Waals surface area contributed by atoms with Crippen LogP contribution in [-0.2, 0) is 6.54 Å². The molecule has 0 saturated heterocycles. The average Bonchev–Trinajstić information content (AvgIpc) is 3.09.